The van der Waals surface area contributed by atoms with Crippen LogP contribution >= 0.6 is 11.6 Å². The number of likely N-dealkylation sites (N-methyl/N-ethyl adjacent to an activating group) is 2. The van der Waals surface area contributed by atoms with E-state index in [-0.39, 0.29) is 12.1 Å². The molecule has 5 nitrogen and oxygen atoms in total. The predicted molar refractivity (Wildman–Crippen MR) is 105 cm³/mol. The standard InChI is InChI=1S/C20H24ClN3O2/c1-3-24-14-17(26-19-10-5-4-9-18(19)24)13-23(2)20(25)22-12-15-7-6-8-16(21)11-15/h4-11,17H,3,12-14H2,1-2H3,(H,22,25)/t17-/m1/s1. The quantitative estimate of drug-likeness (QED) is 0.867. The molecule has 3 rings (SSSR count). The Bertz CT molecular complexity index is 768. The summed E-state index contributed by atoms with van der Waals surface area (Å²) in [5.74, 6) is 0.873. The first-order valence-corrected chi connectivity index (χ1v) is 9.18. The number of carbonyl (C=O) groups is 1. The van der Waals surface area contributed by atoms with Gasteiger partial charge in [-0.2, -0.15) is 0 Å². The Morgan fingerprint density at radius 2 is 2.12 bits per heavy atom. The topological polar surface area (TPSA) is 44.8 Å². The van der Waals surface area contributed by atoms with Gasteiger partial charge < -0.3 is 19.9 Å². The summed E-state index contributed by atoms with van der Waals surface area (Å²) in [5.41, 5.74) is 2.08. The van der Waals surface area contributed by atoms with Gasteiger partial charge in [-0.15, -0.1) is 0 Å². The zero-order chi connectivity index (χ0) is 18.5. The molecule has 6 heteroatoms. The van der Waals surface area contributed by atoms with Gasteiger partial charge in [0.2, 0.25) is 0 Å². The third-order valence-corrected chi connectivity index (χ3v) is 4.70. The maximum absolute atomic E-state index is 12.4. The molecule has 0 unspecified atom stereocenters. The molecule has 0 aromatic heterocycles. The summed E-state index contributed by atoms with van der Waals surface area (Å²) in [6, 6.07) is 15.4. The highest BCUT2D eigenvalue weighted by atomic mass is 35.5. The van der Waals surface area contributed by atoms with Crippen molar-refractivity contribution in [3.8, 4) is 5.75 Å². The molecule has 2 aromatic carbocycles. The second kappa shape index (κ2) is 8.32. The minimum Gasteiger partial charge on any atom is -0.485 e. The summed E-state index contributed by atoms with van der Waals surface area (Å²) in [6.07, 6.45) is -0.0632. The summed E-state index contributed by atoms with van der Waals surface area (Å²) in [5, 5.41) is 3.58. The number of hydrogen-bond acceptors (Lipinski definition) is 3. The average Bonchev–Trinajstić information content (AvgIpc) is 2.65. The second-order valence-electron chi connectivity index (χ2n) is 6.42. The molecule has 0 fully saturated rings. The number of ether oxygens (including phenoxy) is 1. The third-order valence-electron chi connectivity index (χ3n) is 4.46. The van der Waals surface area contributed by atoms with Gasteiger partial charge >= 0.3 is 6.03 Å². The molecule has 1 aliphatic heterocycles. The minimum atomic E-state index is -0.129. The third kappa shape index (κ3) is 4.41. The van der Waals surface area contributed by atoms with Gasteiger partial charge in [-0.05, 0) is 36.8 Å². The lowest BCUT2D eigenvalue weighted by molar-refractivity contribution is 0.145. The SMILES string of the molecule is CCN1C[C@@H](CN(C)C(=O)NCc2cccc(Cl)c2)Oc2ccccc21. The van der Waals surface area contributed by atoms with Crippen LogP contribution in [0.25, 0.3) is 0 Å². The molecule has 1 aliphatic rings. The van der Waals surface area contributed by atoms with Crippen molar-refractivity contribution in [1.82, 2.24) is 10.2 Å². The predicted octanol–water partition coefficient (Wildman–Crippen LogP) is 3.77. The zero-order valence-electron chi connectivity index (χ0n) is 15.1. The summed E-state index contributed by atoms with van der Waals surface area (Å²) in [6.45, 7) is 4.76. The number of fused-ring (bicyclic) bond motifs is 1. The first kappa shape index (κ1) is 18.4. The van der Waals surface area contributed by atoms with Crippen LogP contribution in [-0.2, 0) is 6.54 Å². The van der Waals surface area contributed by atoms with Crippen molar-refractivity contribution in [2.24, 2.45) is 0 Å². The van der Waals surface area contributed by atoms with Crippen molar-refractivity contribution in [3.05, 3.63) is 59.1 Å². The Hall–Kier alpha value is -2.40. The Balaban J connectivity index is 1.56. The molecule has 2 aromatic rings. The smallest absolute Gasteiger partial charge is 0.317 e. The fourth-order valence-corrected chi connectivity index (χ4v) is 3.33. The first-order valence-electron chi connectivity index (χ1n) is 8.81. The largest absolute Gasteiger partial charge is 0.485 e. The van der Waals surface area contributed by atoms with Gasteiger partial charge in [0.1, 0.15) is 11.9 Å². The summed E-state index contributed by atoms with van der Waals surface area (Å²) in [7, 11) is 1.79. The van der Waals surface area contributed by atoms with Crippen LogP contribution in [0.2, 0.25) is 5.02 Å². The first-order chi connectivity index (χ1) is 12.6. The van der Waals surface area contributed by atoms with E-state index in [4.69, 9.17) is 16.3 Å². The van der Waals surface area contributed by atoms with Crippen LogP contribution in [0.3, 0.4) is 0 Å². The van der Waals surface area contributed by atoms with E-state index in [1.807, 2.05) is 42.5 Å². The molecule has 0 bridgehead atoms. The van der Waals surface area contributed by atoms with Crippen LogP contribution in [0.4, 0.5) is 10.5 Å². The zero-order valence-corrected chi connectivity index (χ0v) is 15.9. The van der Waals surface area contributed by atoms with E-state index in [1.165, 1.54) is 0 Å². The van der Waals surface area contributed by atoms with Crippen molar-refractivity contribution in [1.29, 1.82) is 0 Å². The van der Waals surface area contributed by atoms with Crippen molar-refractivity contribution < 1.29 is 9.53 Å². The molecule has 1 atom stereocenters. The van der Waals surface area contributed by atoms with E-state index >= 15 is 0 Å². The van der Waals surface area contributed by atoms with Gasteiger partial charge in [0.05, 0.1) is 18.8 Å². The number of benzene rings is 2. The number of nitrogens with zero attached hydrogens (tertiary/aromatic N) is 2. The van der Waals surface area contributed by atoms with Crippen LogP contribution in [0, 0.1) is 0 Å². The van der Waals surface area contributed by atoms with Crippen molar-refractivity contribution in [2.45, 2.75) is 19.6 Å². The number of hydrogen-bond donors (Lipinski definition) is 1. The van der Waals surface area contributed by atoms with Crippen molar-refractivity contribution in [2.75, 3.05) is 31.6 Å². The van der Waals surface area contributed by atoms with Crippen molar-refractivity contribution in [3.63, 3.8) is 0 Å². The van der Waals surface area contributed by atoms with E-state index in [0.717, 1.165) is 30.1 Å². The number of nitrogens with one attached hydrogen (secondary N) is 1. The molecule has 0 radical (unpaired) electrons. The summed E-state index contributed by atoms with van der Waals surface area (Å²) < 4.78 is 6.08. The van der Waals surface area contributed by atoms with Gasteiger partial charge in [0, 0.05) is 25.2 Å². The Morgan fingerprint density at radius 3 is 2.88 bits per heavy atom. The number of urea groups is 1. The molecule has 0 saturated heterocycles. The molecule has 0 aliphatic carbocycles. The lowest BCUT2D eigenvalue weighted by Crippen LogP contribution is -2.48. The fourth-order valence-electron chi connectivity index (χ4n) is 3.12. The maximum atomic E-state index is 12.4. The lowest BCUT2D eigenvalue weighted by Gasteiger charge is -2.37. The monoisotopic (exact) mass is 373 g/mol. The van der Waals surface area contributed by atoms with Gasteiger partial charge in [-0.1, -0.05) is 35.9 Å². The van der Waals surface area contributed by atoms with Crippen molar-refractivity contribution >= 4 is 23.3 Å². The Kier molecular flexibility index (Phi) is 5.89. The van der Waals surface area contributed by atoms with Gasteiger partial charge in [-0.3, -0.25) is 0 Å². The number of carbonyl (C=O) groups excluding carboxylic acids is 1. The number of anilines is 1. The number of halogens is 1. The number of amides is 2. The highest BCUT2D eigenvalue weighted by Crippen LogP contribution is 2.32. The lowest BCUT2D eigenvalue weighted by atomic mass is 10.2. The highest BCUT2D eigenvalue weighted by Gasteiger charge is 2.26. The molecule has 26 heavy (non-hydrogen) atoms. The van der Waals surface area contributed by atoms with E-state index in [9.17, 15) is 4.79 Å². The van der Waals surface area contributed by atoms with E-state index in [2.05, 4.69) is 23.2 Å². The summed E-state index contributed by atoms with van der Waals surface area (Å²) >= 11 is 5.98. The molecule has 1 N–H and O–H groups in total. The molecular weight excluding hydrogens is 350 g/mol. The van der Waals surface area contributed by atoms with E-state index < -0.39 is 0 Å². The average molecular weight is 374 g/mol. The van der Waals surface area contributed by atoms with Crippen LogP contribution in [0.5, 0.6) is 5.75 Å². The van der Waals surface area contributed by atoms with Crippen LogP contribution in [0.15, 0.2) is 48.5 Å². The highest BCUT2D eigenvalue weighted by molar-refractivity contribution is 6.30. The Labute approximate surface area is 159 Å². The van der Waals surface area contributed by atoms with Gasteiger partial charge in [-0.25, -0.2) is 4.79 Å². The van der Waals surface area contributed by atoms with Crippen LogP contribution < -0.4 is 15.0 Å². The van der Waals surface area contributed by atoms with Crippen LogP contribution in [0.1, 0.15) is 12.5 Å². The van der Waals surface area contributed by atoms with E-state index in [0.29, 0.717) is 18.1 Å². The molecule has 2 amide bonds. The fraction of sp³-hybridized carbons (Fsp3) is 0.350. The normalized spacial score (nSPS) is 15.8. The molecule has 138 valence electrons. The van der Waals surface area contributed by atoms with Gasteiger partial charge in [0.25, 0.3) is 0 Å². The van der Waals surface area contributed by atoms with E-state index in [1.54, 1.807) is 11.9 Å². The number of para-hydroxylation sites is 2. The van der Waals surface area contributed by atoms with Gasteiger partial charge in [0.15, 0.2) is 0 Å². The molecule has 0 saturated carbocycles. The minimum absolute atomic E-state index is 0.0632. The Morgan fingerprint density at radius 1 is 1.31 bits per heavy atom. The maximum Gasteiger partial charge on any atom is 0.317 e. The summed E-state index contributed by atoms with van der Waals surface area (Å²) in [4.78, 5) is 16.3. The van der Waals surface area contributed by atoms with Crippen LogP contribution in [-0.4, -0.2) is 43.7 Å². The second-order valence-corrected chi connectivity index (χ2v) is 6.85. The molecule has 1 heterocycles. The molecular formula is C20H24ClN3O2. The number of rotatable bonds is 5. The molecule has 0 spiro atoms.